The lowest BCUT2D eigenvalue weighted by Gasteiger charge is -2.14. The van der Waals surface area contributed by atoms with Gasteiger partial charge in [-0.1, -0.05) is 35.3 Å². The highest BCUT2D eigenvalue weighted by Gasteiger charge is 2.13. The molecule has 0 aliphatic carbocycles. The van der Waals surface area contributed by atoms with Crippen molar-refractivity contribution < 1.29 is 9.59 Å². The van der Waals surface area contributed by atoms with E-state index in [1.807, 2.05) is 26.0 Å². The minimum atomic E-state index is -0.249. The van der Waals surface area contributed by atoms with Crippen LogP contribution in [-0.2, 0) is 0 Å². The van der Waals surface area contributed by atoms with Crippen molar-refractivity contribution >= 4 is 46.4 Å². The normalized spacial score (nSPS) is 10.4. The summed E-state index contributed by atoms with van der Waals surface area (Å²) >= 11 is 11.9. The van der Waals surface area contributed by atoms with Gasteiger partial charge < -0.3 is 10.6 Å². The van der Waals surface area contributed by atoms with E-state index in [2.05, 4.69) is 10.6 Å². The Bertz CT molecular complexity index is 979. The SMILES string of the molecule is Cc1cc(NC(=O)c2cccc(Cl)c2)c(C)cc1NC(=O)c1cccc(Cl)c1. The quantitative estimate of drug-likeness (QED) is 0.542. The molecular weight excluding hydrogens is 395 g/mol. The van der Waals surface area contributed by atoms with Crippen LogP contribution in [0.1, 0.15) is 31.8 Å². The number of rotatable bonds is 4. The van der Waals surface area contributed by atoms with Crippen molar-refractivity contribution in [2.24, 2.45) is 0 Å². The van der Waals surface area contributed by atoms with Crippen molar-refractivity contribution in [1.82, 2.24) is 0 Å². The zero-order valence-corrected chi connectivity index (χ0v) is 16.9. The van der Waals surface area contributed by atoms with Gasteiger partial charge in [-0.05, 0) is 73.5 Å². The fraction of sp³-hybridized carbons (Fsp3) is 0.0909. The fourth-order valence-electron chi connectivity index (χ4n) is 2.73. The predicted molar refractivity (Wildman–Crippen MR) is 115 cm³/mol. The standard InChI is InChI=1S/C22H18Cl2N2O2/c1-13-9-20(26-22(28)16-6-4-8-18(24)12-16)14(2)10-19(13)25-21(27)15-5-3-7-17(23)11-15/h3-12H,1-2H3,(H,25,27)(H,26,28). The van der Waals surface area contributed by atoms with Crippen molar-refractivity contribution in [3.8, 4) is 0 Å². The lowest BCUT2D eigenvalue weighted by atomic mass is 10.1. The summed E-state index contributed by atoms with van der Waals surface area (Å²) in [6, 6.07) is 17.1. The summed E-state index contributed by atoms with van der Waals surface area (Å²) in [5.41, 5.74) is 3.93. The zero-order chi connectivity index (χ0) is 20.3. The summed E-state index contributed by atoms with van der Waals surface area (Å²) in [5.74, 6) is -0.499. The molecule has 0 saturated carbocycles. The van der Waals surface area contributed by atoms with E-state index >= 15 is 0 Å². The molecule has 0 bridgehead atoms. The van der Waals surface area contributed by atoms with Crippen LogP contribution in [0.5, 0.6) is 0 Å². The maximum Gasteiger partial charge on any atom is 0.255 e. The Kier molecular flexibility index (Phi) is 6.02. The van der Waals surface area contributed by atoms with Gasteiger partial charge >= 0.3 is 0 Å². The van der Waals surface area contributed by atoms with Crippen LogP contribution in [0.25, 0.3) is 0 Å². The molecule has 2 N–H and O–H groups in total. The molecule has 3 aromatic carbocycles. The van der Waals surface area contributed by atoms with Crippen molar-refractivity contribution in [2.45, 2.75) is 13.8 Å². The number of anilines is 2. The minimum Gasteiger partial charge on any atom is -0.322 e. The molecule has 0 aromatic heterocycles. The third-order valence-electron chi connectivity index (χ3n) is 4.24. The second kappa shape index (κ2) is 8.46. The van der Waals surface area contributed by atoms with Crippen LogP contribution in [0, 0.1) is 13.8 Å². The first-order chi connectivity index (χ1) is 13.3. The van der Waals surface area contributed by atoms with E-state index in [9.17, 15) is 9.59 Å². The Hall–Kier alpha value is -2.82. The number of nitrogens with one attached hydrogen (secondary N) is 2. The predicted octanol–water partition coefficient (Wildman–Crippen LogP) is 6.11. The molecule has 0 unspecified atom stereocenters. The smallest absolute Gasteiger partial charge is 0.255 e. The van der Waals surface area contributed by atoms with Crippen LogP contribution in [0.4, 0.5) is 11.4 Å². The molecule has 4 nitrogen and oxygen atoms in total. The minimum absolute atomic E-state index is 0.249. The molecule has 0 heterocycles. The van der Waals surface area contributed by atoms with Crippen LogP contribution in [0.3, 0.4) is 0 Å². The van der Waals surface area contributed by atoms with Crippen LogP contribution < -0.4 is 10.6 Å². The topological polar surface area (TPSA) is 58.2 Å². The second-order valence-electron chi connectivity index (χ2n) is 6.41. The van der Waals surface area contributed by atoms with Crippen molar-refractivity contribution in [2.75, 3.05) is 10.6 Å². The number of carbonyl (C=O) groups excluding carboxylic acids is 2. The molecule has 0 aliphatic rings. The average Bonchev–Trinajstić information content (AvgIpc) is 2.65. The number of benzene rings is 3. The molecule has 0 radical (unpaired) electrons. The van der Waals surface area contributed by atoms with Gasteiger partial charge in [-0.3, -0.25) is 9.59 Å². The summed E-state index contributed by atoms with van der Waals surface area (Å²) in [6.45, 7) is 3.73. The number of amides is 2. The monoisotopic (exact) mass is 412 g/mol. The van der Waals surface area contributed by atoms with E-state index in [0.29, 0.717) is 32.5 Å². The lowest BCUT2D eigenvalue weighted by Crippen LogP contribution is -2.15. The highest BCUT2D eigenvalue weighted by molar-refractivity contribution is 6.31. The van der Waals surface area contributed by atoms with Crippen molar-refractivity contribution in [1.29, 1.82) is 0 Å². The van der Waals surface area contributed by atoms with Gasteiger partial charge in [0.15, 0.2) is 0 Å². The van der Waals surface area contributed by atoms with Crippen LogP contribution in [-0.4, -0.2) is 11.8 Å². The molecule has 0 spiro atoms. The summed E-state index contributed by atoms with van der Waals surface area (Å²) in [5, 5.41) is 6.77. The molecule has 28 heavy (non-hydrogen) atoms. The van der Waals surface area contributed by atoms with Gasteiger partial charge in [-0.2, -0.15) is 0 Å². The van der Waals surface area contributed by atoms with Crippen molar-refractivity contribution in [3.05, 3.63) is 93.0 Å². The van der Waals surface area contributed by atoms with Gasteiger partial charge in [0.05, 0.1) is 0 Å². The Balaban J connectivity index is 1.79. The van der Waals surface area contributed by atoms with Crippen LogP contribution >= 0.6 is 23.2 Å². The average molecular weight is 413 g/mol. The molecule has 3 aromatic rings. The zero-order valence-electron chi connectivity index (χ0n) is 15.3. The lowest BCUT2D eigenvalue weighted by molar-refractivity contribution is 0.101. The van der Waals surface area contributed by atoms with Gasteiger partial charge in [-0.25, -0.2) is 0 Å². The first-order valence-electron chi connectivity index (χ1n) is 8.58. The van der Waals surface area contributed by atoms with Crippen molar-refractivity contribution in [3.63, 3.8) is 0 Å². The van der Waals surface area contributed by atoms with Gasteiger partial charge in [0.2, 0.25) is 0 Å². The molecule has 0 fully saturated rings. The molecule has 6 heteroatoms. The van der Waals surface area contributed by atoms with Gasteiger partial charge in [-0.15, -0.1) is 0 Å². The Morgan fingerprint density at radius 2 is 1.07 bits per heavy atom. The molecule has 142 valence electrons. The summed E-state index contributed by atoms with van der Waals surface area (Å²) in [6.07, 6.45) is 0. The van der Waals surface area contributed by atoms with E-state index in [1.54, 1.807) is 48.5 Å². The van der Waals surface area contributed by atoms with E-state index < -0.39 is 0 Å². The Morgan fingerprint density at radius 3 is 1.43 bits per heavy atom. The highest BCUT2D eigenvalue weighted by Crippen LogP contribution is 2.26. The van der Waals surface area contributed by atoms with E-state index in [4.69, 9.17) is 23.2 Å². The molecule has 0 aliphatic heterocycles. The molecule has 2 amide bonds. The third kappa shape index (κ3) is 4.71. The number of carbonyl (C=O) groups is 2. The Morgan fingerprint density at radius 1 is 0.679 bits per heavy atom. The maximum absolute atomic E-state index is 12.5. The van der Waals surface area contributed by atoms with Gasteiger partial charge in [0, 0.05) is 32.5 Å². The number of hydrogen-bond acceptors (Lipinski definition) is 2. The molecular formula is C22H18Cl2N2O2. The van der Waals surface area contributed by atoms with Gasteiger partial charge in [0.25, 0.3) is 11.8 Å². The first kappa shape index (κ1) is 19.9. The molecule has 3 rings (SSSR count). The van der Waals surface area contributed by atoms with E-state index in [1.165, 1.54) is 0 Å². The molecule has 0 atom stereocenters. The van der Waals surface area contributed by atoms with Gasteiger partial charge in [0.1, 0.15) is 0 Å². The summed E-state index contributed by atoms with van der Waals surface area (Å²) in [4.78, 5) is 24.9. The second-order valence-corrected chi connectivity index (χ2v) is 7.28. The van der Waals surface area contributed by atoms with E-state index in [0.717, 1.165) is 11.1 Å². The Labute approximate surface area is 173 Å². The van der Waals surface area contributed by atoms with E-state index in [-0.39, 0.29) is 11.8 Å². The number of aryl methyl sites for hydroxylation is 2. The number of hydrogen-bond donors (Lipinski definition) is 2. The summed E-state index contributed by atoms with van der Waals surface area (Å²) < 4.78 is 0. The third-order valence-corrected chi connectivity index (χ3v) is 4.71. The summed E-state index contributed by atoms with van der Waals surface area (Å²) in [7, 11) is 0. The first-order valence-corrected chi connectivity index (χ1v) is 9.34. The highest BCUT2D eigenvalue weighted by atomic mass is 35.5. The molecule has 0 saturated heterocycles. The van der Waals surface area contributed by atoms with Crippen LogP contribution in [0.15, 0.2) is 60.7 Å². The number of halogens is 2. The fourth-order valence-corrected chi connectivity index (χ4v) is 3.11. The van der Waals surface area contributed by atoms with Crippen LogP contribution in [0.2, 0.25) is 10.0 Å². The largest absolute Gasteiger partial charge is 0.322 e. The maximum atomic E-state index is 12.5.